The Morgan fingerprint density at radius 1 is 1.12 bits per heavy atom. The second kappa shape index (κ2) is 5.94. The molecule has 0 atom stereocenters. The van der Waals surface area contributed by atoms with Crippen LogP contribution in [0.3, 0.4) is 0 Å². The molecule has 0 bridgehead atoms. The number of carbonyl (C=O) groups excluding carboxylic acids is 2. The lowest BCUT2D eigenvalue weighted by atomic mass is 10.1. The molecule has 0 saturated heterocycles. The lowest BCUT2D eigenvalue weighted by molar-refractivity contribution is -0.129. The number of ether oxygens (including phenoxy) is 1. The fourth-order valence-electron chi connectivity index (χ4n) is 2.45. The normalized spacial score (nSPS) is 14.7. The maximum Gasteiger partial charge on any atom is 0.336 e. The first-order valence-electron chi connectivity index (χ1n) is 7.56. The van der Waals surface area contributed by atoms with Crippen molar-refractivity contribution in [3.05, 3.63) is 53.6 Å². The van der Waals surface area contributed by atoms with E-state index < -0.39 is 17.5 Å². The Bertz CT molecular complexity index is 889. The number of carbonyl (C=O) groups is 3. The summed E-state index contributed by atoms with van der Waals surface area (Å²) in [5, 5.41) is 14.6. The van der Waals surface area contributed by atoms with E-state index in [-0.39, 0.29) is 17.0 Å². The summed E-state index contributed by atoms with van der Waals surface area (Å²) in [6, 6.07) is 10.7. The highest BCUT2D eigenvalue weighted by atomic mass is 16.5. The Balaban J connectivity index is 1.87. The van der Waals surface area contributed by atoms with Crippen LogP contribution in [0.25, 0.3) is 0 Å². The van der Waals surface area contributed by atoms with E-state index in [9.17, 15) is 19.5 Å². The van der Waals surface area contributed by atoms with Crippen molar-refractivity contribution in [3.63, 3.8) is 0 Å². The Morgan fingerprint density at radius 3 is 2.48 bits per heavy atom. The first kappa shape index (κ1) is 16.5. The van der Waals surface area contributed by atoms with E-state index in [4.69, 9.17) is 4.74 Å². The van der Waals surface area contributed by atoms with Crippen molar-refractivity contribution in [2.45, 2.75) is 19.4 Å². The molecule has 1 heterocycles. The lowest BCUT2D eigenvalue weighted by Crippen LogP contribution is -2.45. The van der Waals surface area contributed by atoms with Gasteiger partial charge in [0.15, 0.2) is 5.60 Å². The van der Waals surface area contributed by atoms with Gasteiger partial charge in [-0.25, -0.2) is 4.79 Å². The number of nitrogens with one attached hydrogen (secondary N) is 2. The van der Waals surface area contributed by atoms with E-state index in [1.54, 1.807) is 44.2 Å². The first-order valence-corrected chi connectivity index (χ1v) is 7.56. The molecule has 7 nitrogen and oxygen atoms in total. The number of carboxylic acids is 1. The molecule has 0 radical (unpaired) electrons. The van der Waals surface area contributed by atoms with Crippen molar-refractivity contribution in [1.29, 1.82) is 0 Å². The number of benzene rings is 2. The van der Waals surface area contributed by atoms with E-state index >= 15 is 0 Å². The number of fused-ring (bicyclic) bond motifs is 1. The van der Waals surface area contributed by atoms with Crippen LogP contribution in [0.5, 0.6) is 5.75 Å². The van der Waals surface area contributed by atoms with E-state index in [1.165, 1.54) is 12.1 Å². The molecule has 2 amide bonds. The van der Waals surface area contributed by atoms with Gasteiger partial charge in [-0.2, -0.15) is 0 Å². The maximum absolute atomic E-state index is 12.4. The monoisotopic (exact) mass is 340 g/mol. The molecule has 2 aromatic rings. The SMILES string of the molecule is CC1(C)Oc2cc(NC(=O)c3ccccc3C(=O)O)ccc2NC1=O. The predicted molar refractivity (Wildman–Crippen MR) is 91.1 cm³/mol. The van der Waals surface area contributed by atoms with Crippen LogP contribution in [0, 0.1) is 0 Å². The van der Waals surface area contributed by atoms with Gasteiger partial charge in [0.2, 0.25) is 0 Å². The number of rotatable bonds is 3. The van der Waals surface area contributed by atoms with Gasteiger partial charge in [-0.05, 0) is 38.1 Å². The summed E-state index contributed by atoms with van der Waals surface area (Å²) in [7, 11) is 0. The number of anilines is 2. The van der Waals surface area contributed by atoms with Crippen molar-refractivity contribution in [2.75, 3.05) is 10.6 Å². The molecule has 0 saturated carbocycles. The van der Waals surface area contributed by atoms with Gasteiger partial charge >= 0.3 is 5.97 Å². The fraction of sp³-hybridized carbons (Fsp3) is 0.167. The van der Waals surface area contributed by atoms with Crippen LogP contribution >= 0.6 is 0 Å². The maximum atomic E-state index is 12.4. The van der Waals surface area contributed by atoms with Crippen LogP contribution in [0.2, 0.25) is 0 Å². The van der Waals surface area contributed by atoms with Crippen molar-refractivity contribution in [2.24, 2.45) is 0 Å². The molecule has 128 valence electrons. The highest BCUT2D eigenvalue weighted by molar-refractivity contribution is 6.11. The zero-order valence-corrected chi connectivity index (χ0v) is 13.6. The number of amides is 2. The Labute approximate surface area is 143 Å². The van der Waals surface area contributed by atoms with Crippen LogP contribution in [-0.4, -0.2) is 28.5 Å². The minimum Gasteiger partial charge on any atom is -0.478 e. The van der Waals surface area contributed by atoms with Gasteiger partial charge in [-0.3, -0.25) is 9.59 Å². The van der Waals surface area contributed by atoms with Crippen molar-refractivity contribution in [1.82, 2.24) is 0 Å². The Morgan fingerprint density at radius 2 is 1.80 bits per heavy atom. The van der Waals surface area contributed by atoms with Crippen LogP contribution in [0.4, 0.5) is 11.4 Å². The third-order valence-electron chi connectivity index (χ3n) is 3.80. The van der Waals surface area contributed by atoms with Gasteiger partial charge in [0.25, 0.3) is 11.8 Å². The van der Waals surface area contributed by atoms with E-state index in [1.807, 2.05) is 0 Å². The van der Waals surface area contributed by atoms with Crippen molar-refractivity contribution < 1.29 is 24.2 Å². The average molecular weight is 340 g/mol. The molecule has 25 heavy (non-hydrogen) atoms. The molecule has 3 N–H and O–H groups in total. The summed E-state index contributed by atoms with van der Waals surface area (Å²) in [4.78, 5) is 35.5. The molecular formula is C18H16N2O5. The van der Waals surface area contributed by atoms with Crippen LogP contribution in [0.1, 0.15) is 34.6 Å². The van der Waals surface area contributed by atoms with Crippen LogP contribution in [0.15, 0.2) is 42.5 Å². The average Bonchev–Trinajstić information content (AvgIpc) is 2.55. The molecular weight excluding hydrogens is 324 g/mol. The quantitative estimate of drug-likeness (QED) is 0.797. The fourth-order valence-corrected chi connectivity index (χ4v) is 2.45. The molecule has 0 unspecified atom stereocenters. The summed E-state index contributed by atoms with van der Waals surface area (Å²) in [6.07, 6.45) is 0. The van der Waals surface area contributed by atoms with Crippen LogP contribution in [-0.2, 0) is 4.79 Å². The zero-order valence-electron chi connectivity index (χ0n) is 13.6. The third-order valence-corrected chi connectivity index (χ3v) is 3.80. The number of hydrogen-bond donors (Lipinski definition) is 3. The number of aromatic carboxylic acids is 1. The molecule has 0 aromatic heterocycles. The first-order chi connectivity index (χ1) is 11.8. The molecule has 7 heteroatoms. The lowest BCUT2D eigenvalue weighted by Gasteiger charge is -2.31. The largest absolute Gasteiger partial charge is 0.478 e. The minimum absolute atomic E-state index is 0.0577. The van der Waals surface area contributed by atoms with Gasteiger partial charge in [0.05, 0.1) is 16.8 Å². The van der Waals surface area contributed by atoms with Crippen LogP contribution < -0.4 is 15.4 Å². The highest BCUT2D eigenvalue weighted by Gasteiger charge is 2.35. The summed E-state index contributed by atoms with van der Waals surface area (Å²) < 4.78 is 5.66. The summed E-state index contributed by atoms with van der Waals surface area (Å²) >= 11 is 0. The highest BCUT2D eigenvalue weighted by Crippen LogP contribution is 2.35. The second-order valence-corrected chi connectivity index (χ2v) is 6.08. The van der Waals surface area contributed by atoms with E-state index in [0.717, 1.165) is 0 Å². The van der Waals surface area contributed by atoms with Gasteiger partial charge in [0.1, 0.15) is 5.75 Å². The number of carboxylic acid groups (broad SMARTS) is 1. The van der Waals surface area contributed by atoms with Gasteiger partial charge < -0.3 is 20.5 Å². The van der Waals surface area contributed by atoms with Crippen molar-refractivity contribution >= 4 is 29.2 Å². The van der Waals surface area contributed by atoms with Gasteiger partial charge in [-0.1, -0.05) is 12.1 Å². The Kier molecular flexibility index (Phi) is 3.92. The summed E-state index contributed by atoms with van der Waals surface area (Å²) in [5.74, 6) is -1.55. The van der Waals surface area contributed by atoms with Crippen molar-refractivity contribution in [3.8, 4) is 5.75 Å². The second-order valence-electron chi connectivity index (χ2n) is 6.08. The summed E-state index contributed by atoms with van der Waals surface area (Å²) in [5.41, 5.74) is -0.111. The van der Waals surface area contributed by atoms with Gasteiger partial charge in [-0.15, -0.1) is 0 Å². The minimum atomic E-state index is -1.18. The molecule has 2 aromatic carbocycles. The smallest absolute Gasteiger partial charge is 0.336 e. The predicted octanol–water partition coefficient (Wildman–Crippen LogP) is 2.75. The molecule has 1 aliphatic rings. The standard InChI is InChI=1S/C18H16N2O5/c1-18(2)17(24)20-13-8-7-10(9-14(13)25-18)19-15(21)11-5-3-4-6-12(11)16(22)23/h3-9H,1-2H3,(H,19,21)(H,20,24)(H,22,23). The van der Waals surface area contributed by atoms with E-state index in [2.05, 4.69) is 10.6 Å². The Hall–Kier alpha value is -3.35. The molecule has 0 fully saturated rings. The van der Waals surface area contributed by atoms with Gasteiger partial charge in [0, 0.05) is 11.8 Å². The molecule has 0 spiro atoms. The van der Waals surface area contributed by atoms with E-state index in [0.29, 0.717) is 17.1 Å². The molecule has 0 aliphatic carbocycles. The third kappa shape index (κ3) is 3.16. The molecule has 3 rings (SSSR count). The molecule has 1 aliphatic heterocycles. The zero-order chi connectivity index (χ0) is 18.2. The number of hydrogen-bond acceptors (Lipinski definition) is 4. The summed E-state index contributed by atoms with van der Waals surface area (Å²) in [6.45, 7) is 3.28. The topological polar surface area (TPSA) is 105 Å².